The molecular formula is C6H4ClF2IN2O2S. The number of pyridine rings is 1. The summed E-state index contributed by atoms with van der Waals surface area (Å²) in [4.78, 5) is 3.25. The third-order valence-corrected chi connectivity index (χ3v) is 4.13. The highest BCUT2D eigenvalue weighted by Gasteiger charge is 2.22. The van der Waals surface area contributed by atoms with Crippen LogP contribution in [-0.2, 0) is 9.05 Å². The van der Waals surface area contributed by atoms with Gasteiger partial charge in [-0.05, 0) is 28.7 Å². The van der Waals surface area contributed by atoms with Crippen molar-refractivity contribution in [3.63, 3.8) is 0 Å². The highest BCUT2D eigenvalue weighted by Crippen LogP contribution is 2.28. The van der Waals surface area contributed by atoms with Gasteiger partial charge in [-0.15, -0.1) is 0 Å². The first kappa shape index (κ1) is 12.8. The van der Waals surface area contributed by atoms with E-state index in [0.717, 1.165) is 6.07 Å². The third-order valence-electron chi connectivity index (χ3n) is 1.43. The summed E-state index contributed by atoms with van der Waals surface area (Å²) in [5, 5.41) is -0.639. The fraction of sp³-hybridized carbons (Fsp3) is 0.167. The first-order valence-electron chi connectivity index (χ1n) is 3.42. The van der Waals surface area contributed by atoms with E-state index in [4.69, 9.17) is 16.4 Å². The molecule has 0 aliphatic carbocycles. The van der Waals surface area contributed by atoms with Gasteiger partial charge < -0.3 is 5.73 Å². The third kappa shape index (κ3) is 2.88. The Morgan fingerprint density at radius 3 is 2.47 bits per heavy atom. The van der Waals surface area contributed by atoms with Crippen LogP contribution in [0.15, 0.2) is 11.1 Å². The first-order chi connectivity index (χ1) is 6.73. The van der Waals surface area contributed by atoms with Gasteiger partial charge in [0.1, 0.15) is 5.69 Å². The largest absolute Gasteiger partial charge is 0.398 e. The number of nitrogens with two attached hydrogens (primary N) is 1. The number of aromatic nitrogens is 1. The van der Waals surface area contributed by atoms with Crippen molar-refractivity contribution in [3.05, 3.63) is 15.3 Å². The van der Waals surface area contributed by atoms with Crippen LogP contribution in [0.3, 0.4) is 0 Å². The Balaban J connectivity index is 3.52. The summed E-state index contributed by atoms with van der Waals surface area (Å²) in [6.45, 7) is 0. The molecule has 0 fully saturated rings. The van der Waals surface area contributed by atoms with Crippen molar-refractivity contribution in [3.8, 4) is 0 Å². The second-order valence-corrected chi connectivity index (χ2v) is 6.05. The Labute approximate surface area is 102 Å². The molecule has 0 bridgehead atoms. The summed E-state index contributed by atoms with van der Waals surface area (Å²) in [7, 11) is 0.845. The zero-order valence-corrected chi connectivity index (χ0v) is 10.6. The van der Waals surface area contributed by atoms with Crippen LogP contribution in [-0.4, -0.2) is 13.4 Å². The van der Waals surface area contributed by atoms with Crippen LogP contribution in [0, 0.1) is 3.57 Å². The van der Waals surface area contributed by atoms with Gasteiger partial charge in [-0.3, -0.25) is 0 Å². The lowest BCUT2D eigenvalue weighted by Gasteiger charge is -2.06. The molecule has 1 aromatic rings. The van der Waals surface area contributed by atoms with E-state index in [1.165, 1.54) is 0 Å². The number of alkyl halides is 2. The molecule has 0 aromatic carbocycles. The molecule has 2 N–H and O–H groups in total. The van der Waals surface area contributed by atoms with Gasteiger partial charge in [0.15, 0.2) is 5.03 Å². The van der Waals surface area contributed by atoms with Crippen molar-refractivity contribution >= 4 is 48.0 Å². The van der Waals surface area contributed by atoms with E-state index in [0.29, 0.717) is 0 Å². The Bertz CT molecular complexity index is 494. The van der Waals surface area contributed by atoms with Crippen LogP contribution >= 0.6 is 33.3 Å². The average Bonchev–Trinajstić information content (AvgIpc) is 2.06. The summed E-state index contributed by atoms with van der Waals surface area (Å²) in [5.74, 6) is 0. The Morgan fingerprint density at radius 2 is 2.07 bits per heavy atom. The minimum absolute atomic E-state index is 0.0343. The predicted molar refractivity (Wildman–Crippen MR) is 59.4 cm³/mol. The van der Waals surface area contributed by atoms with Crippen molar-refractivity contribution in [2.45, 2.75) is 11.5 Å². The SMILES string of the molecule is Nc1cc(C(F)F)nc(S(=O)(=O)Cl)c1I. The second-order valence-electron chi connectivity index (χ2n) is 2.49. The lowest BCUT2D eigenvalue weighted by Crippen LogP contribution is -2.06. The number of halogens is 4. The predicted octanol–water partition coefficient (Wildman–Crippen LogP) is 2.13. The molecule has 0 saturated carbocycles. The fourth-order valence-electron chi connectivity index (χ4n) is 0.818. The van der Waals surface area contributed by atoms with Gasteiger partial charge in [0.2, 0.25) is 0 Å². The molecule has 0 radical (unpaired) electrons. The number of hydrogen-bond acceptors (Lipinski definition) is 4. The Morgan fingerprint density at radius 1 is 1.53 bits per heavy atom. The topological polar surface area (TPSA) is 73.0 Å². The van der Waals surface area contributed by atoms with Crippen molar-refractivity contribution in [1.29, 1.82) is 0 Å². The van der Waals surface area contributed by atoms with Crippen molar-refractivity contribution in [2.24, 2.45) is 0 Å². The monoisotopic (exact) mass is 368 g/mol. The number of nitrogen functional groups attached to an aromatic ring is 1. The molecule has 84 valence electrons. The molecule has 0 aliphatic heterocycles. The van der Waals surface area contributed by atoms with Gasteiger partial charge in [0.25, 0.3) is 15.5 Å². The average molecular weight is 369 g/mol. The molecule has 0 spiro atoms. The lowest BCUT2D eigenvalue weighted by atomic mass is 10.3. The molecule has 0 aliphatic rings. The van der Waals surface area contributed by atoms with Crippen molar-refractivity contribution in [2.75, 3.05) is 5.73 Å². The molecule has 15 heavy (non-hydrogen) atoms. The van der Waals surface area contributed by atoms with Crippen LogP contribution in [0.2, 0.25) is 0 Å². The number of hydrogen-bond donors (Lipinski definition) is 1. The molecule has 1 rings (SSSR count). The molecule has 4 nitrogen and oxygen atoms in total. The van der Waals surface area contributed by atoms with Crippen molar-refractivity contribution in [1.82, 2.24) is 4.98 Å². The maximum absolute atomic E-state index is 12.3. The molecule has 0 atom stereocenters. The van der Waals surface area contributed by atoms with Crippen LogP contribution in [0.5, 0.6) is 0 Å². The number of rotatable bonds is 2. The van der Waals surface area contributed by atoms with E-state index in [1.807, 2.05) is 0 Å². The summed E-state index contributed by atoms with van der Waals surface area (Å²) in [5.41, 5.74) is 4.54. The van der Waals surface area contributed by atoms with Gasteiger partial charge in [0.05, 0.1) is 3.57 Å². The molecule has 1 aromatic heterocycles. The van der Waals surface area contributed by atoms with E-state index in [9.17, 15) is 17.2 Å². The summed E-state index contributed by atoms with van der Waals surface area (Å²) >= 11 is 1.57. The van der Waals surface area contributed by atoms with Gasteiger partial charge in [-0.25, -0.2) is 22.2 Å². The minimum atomic E-state index is -4.17. The highest BCUT2D eigenvalue weighted by atomic mass is 127. The molecule has 9 heteroatoms. The zero-order valence-electron chi connectivity index (χ0n) is 6.92. The van der Waals surface area contributed by atoms with Gasteiger partial charge in [0, 0.05) is 16.4 Å². The Hall–Kier alpha value is -0.220. The normalized spacial score (nSPS) is 12.1. The highest BCUT2D eigenvalue weighted by molar-refractivity contribution is 14.1. The summed E-state index contributed by atoms with van der Waals surface area (Å²) in [6, 6.07) is 0.915. The minimum Gasteiger partial charge on any atom is -0.398 e. The molecular weight excluding hydrogens is 364 g/mol. The maximum Gasteiger partial charge on any atom is 0.280 e. The molecule has 0 amide bonds. The lowest BCUT2D eigenvalue weighted by molar-refractivity contribution is 0.145. The maximum atomic E-state index is 12.3. The van der Waals surface area contributed by atoms with E-state index >= 15 is 0 Å². The zero-order chi connectivity index (χ0) is 11.8. The summed E-state index contributed by atoms with van der Waals surface area (Å²) < 4.78 is 46.6. The van der Waals surface area contributed by atoms with E-state index in [1.54, 1.807) is 22.6 Å². The standard InChI is InChI=1S/C6H4ClF2IN2O2S/c7-15(13,14)6-4(10)2(11)1-3(12-6)5(8)9/h1,5H,(H2,11,12). The fourth-order valence-corrected chi connectivity index (χ4v) is 3.24. The summed E-state index contributed by atoms with van der Waals surface area (Å²) in [6.07, 6.45) is -2.90. The van der Waals surface area contributed by atoms with Crippen LogP contribution in [0.1, 0.15) is 12.1 Å². The van der Waals surface area contributed by atoms with Crippen LogP contribution < -0.4 is 5.73 Å². The molecule has 0 saturated heterocycles. The quantitative estimate of drug-likeness (QED) is 0.641. The van der Waals surface area contributed by atoms with E-state index < -0.39 is 26.2 Å². The van der Waals surface area contributed by atoms with Crippen LogP contribution in [0.25, 0.3) is 0 Å². The number of anilines is 1. The number of nitrogens with zero attached hydrogens (tertiary/aromatic N) is 1. The molecule has 0 unspecified atom stereocenters. The van der Waals surface area contributed by atoms with Gasteiger partial charge in [-0.2, -0.15) is 0 Å². The van der Waals surface area contributed by atoms with Gasteiger partial charge in [-0.1, -0.05) is 0 Å². The molecule has 1 heterocycles. The second kappa shape index (κ2) is 4.34. The first-order valence-corrected chi connectivity index (χ1v) is 6.81. The van der Waals surface area contributed by atoms with Gasteiger partial charge >= 0.3 is 0 Å². The van der Waals surface area contributed by atoms with E-state index in [-0.39, 0.29) is 9.26 Å². The van der Waals surface area contributed by atoms with Crippen molar-refractivity contribution < 1.29 is 17.2 Å². The Kier molecular flexibility index (Phi) is 3.71. The van der Waals surface area contributed by atoms with Crippen LogP contribution in [0.4, 0.5) is 14.5 Å². The smallest absolute Gasteiger partial charge is 0.280 e. The van der Waals surface area contributed by atoms with E-state index in [2.05, 4.69) is 4.98 Å².